The van der Waals surface area contributed by atoms with Crippen molar-refractivity contribution in [1.82, 2.24) is 4.57 Å². The Bertz CT molecular complexity index is 1410. The summed E-state index contributed by atoms with van der Waals surface area (Å²) in [6.45, 7) is 0.0749. The Morgan fingerprint density at radius 2 is 1.52 bits per heavy atom. The predicted octanol–water partition coefficient (Wildman–Crippen LogP) is 5.19. The highest BCUT2D eigenvalue weighted by Gasteiger charge is 2.23. The lowest BCUT2D eigenvalue weighted by atomic mass is 9.96. The minimum atomic E-state index is -1.19. The van der Waals surface area contributed by atoms with E-state index >= 15 is 0 Å². The molecule has 2 N–H and O–H groups in total. The minimum absolute atomic E-state index is 0.0304. The molecule has 0 bridgehead atoms. The van der Waals surface area contributed by atoms with Crippen molar-refractivity contribution in [2.45, 2.75) is 19.4 Å². The average Bonchev–Trinajstić information content (AvgIpc) is 2.80. The van der Waals surface area contributed by atoms with Crippen molar-refractivity contribution in [3.8, 4) is 11.1 Å². The Morgan fingerprint density at radius 1 is 0.848 bits per heavy atom. The second-order valence-electron chi connectivity index (χ2n) is 7.69. The minimum Gasteiger partial charge on any atom is -0.481 e. The van der Waals surface area contributed by atoms with Gasteiger partial charge in [0.1, 0.15) is 5.69 Å². The van der Waals surface area contributed by atoms with Crippen LogP contribution in [0.5, 0.6) is 0 Å². The molecule has 0 spiro atoms. The molecule has 7 heteroatoms. The molecule has 0 aliphatic heterocycles. The number of aryl methyl sites for hydroxylation is 1. The molecule has 166 valence electrons. The molecule has 33 heavy (non-hydrogen) atoms. The largest absolute Gasteiger partial charge is 0.481 e. The zero-order valence-corrected chi connectivity index (χ0v) is 19.1. The number of nitrogens with zero attached hydrogens (tertiary/aromatic N) is 1. The fraction of sp³-hybridized carbons (Fsp3) is 0.115. The molecule has 0 unspecified atom stereocenters. The molecule has 3 aromatic carbocycles. The van der Waals surface area contributed by atoms with Gasteiger partial charge in [0.15, 0.2) is 0 Å². The second kappa shape index (κ2) is 9.42. The number of hydrogen-bond acceptors (Lipinski definition) is 3. The topological polar surface area (TPSA) is 96.6 Å². The van der Waals surface area contributed by atoms with Crippen molar-refractivity contribution in [2.75, 3.05) is 0 Å². The summed E-state index contributed by atoms with van der Waals surface area (Å²) in [5.74, 6) is -2.06. The monoisotopic (exact) mass is 505 g/mol. The first-order valence-corrected chi connectivity index (χ1v) is 11.1. The molecule has 0 fully saturated rings. The highest BCUT2D eigenvalue weighted by molar-refractivity contribution is 9.10. The van der Waals surface area contributed by atoms with E-state index in [4.69, 9.17) is 5.11 Å². The van der Waals surface area contributed by atoms with E-state index < -0.39 is 11.9 Å². The molecular weight excluding hydrogens is 486 g/mol. The standard InChI is InChI=1S/C26H20BrNO5/c27-19-11-12-20-21(14-19)23(18-4-2-1-3-5-18)24(26(32)33)28(25(20)31)15-17-8-6-16(7-9-17)10-13-22(29)30/h1-9,11-12,14H,10,13,15H2,(H,29,30)(H,32,33). The van der Waals surface area contributed by atoms with Crippen LogP contribution in [0.2, 0.25) is 0 Å². The Kier molecular flexibility index (Phi) is 6.42. The van der Waals surface area contributed by atoms with Crippen molar-refractivity contribution >= 4 is 38.6 Å². The number of fused-ring (bicyclic) bond motifs is 1. The van der Waals surface area contributed by atoms with Gasteiger partial charge in [0.2, 0.25) is 0 Å². The molecule has 0 aliphatic rings. The summed E-state index contributed by atoms with van der Waals surface area (Å²) in [6.07, 6.45) is 0.432. The van der Waals surface area contributed by atoms with Gasteiger partial charge in [-0.1, -0.05) is 70.5 Å². The van der Waals surface area contributed by atoms with Crippen LogP contribution in [-0.2, 0) is 17.8 Å². The lowest BCUT2D eigenvalue weighted by molar-refractivity contribution is -0.136. The Balaban J connectivity index is 1.90. The Labute approximate surface area is 197 Å². The van der Waals surface area contributed by atoms with Crippen molar-refractivity contribution in [2.24, 2.45) is 0 Å². The van der Waals surface area contributed by atoms with E-state index in [0.29, 0.717) is 28.3 Å². The predicted molar refractivity (Wildman–Crippen MR) is 130 cm³/mol. The lowest BCUT2D eigenvalue weighted by Crippen LogP contribution is -2.28. The van der Waals surface area contributed by atoms with Gasteiger partial charge < -0.3 is 10.2 Å². The van der Waals surface area contributed by atoms with E-state index in [9.17, 15) is 19.5 Å². The van der Waals surface area contributed by atoms with E-state index in [-0.39, 0.29) is 24.2 Å². The van der Waals surface area contributed by atoms with Crippen LogP contribution in [0.3, 0.4) is 0 Å². The van der Waals surface area contributed by atoms with Crippen LogP contribution in [0.25, 0.3) is 21.9 Å². The van der Waals surface area contributed by atoms with Gasteiger partial charge in [0.05, 0.1) is 6.54 Å². The maximum atomic E-state index is 13.4. The zero-order chi connectivity index (χ0) is 23.5. The van der Waals surface area contributed by atoms with Gasteiger partial charge in [-0.3, -0.25) is 14.2 Å². The first-order chi connectivity index (χ1) is 15.8. The van der Waals surface area contributed by atoms with Gasteiger partial charge >= 0.3 is 11.9 Å². The first kappa shape index (κ1) is 22.5. The molecule has 0 radical (unpaired) electrons. The molecule has 1 heterocycles. The van der Waals surface area contributed by atoms with Crippen molar-refractivity contribution < 1.29 is 19.8 Å². The summed E-state index contributed by atoms with van der Waals surface area (Å²) >= 11 is 3.43. The molecule has 1 aromatic heterocycles. The van der Waals surface area contributed by atoms with Crippen LogP contribution in [0.15, 0.2) is 82.1 Å². The molecule has 0 atom stereocenters. The molecular formula is C26H20BrNO5. The van der Waals surface area contributed by atoms with Crippen molar-refractivity contribution in [1.29, 1.82) is 0 Å². The average molecular weight is 506 g/mol. The second-order valence-corrected chi connectivity index (χ2v) is 8.60. The van der Waals surface area contributed by atoms with Gasteiger partial charge in [-0.25, -0.2) is 4.79 Å². The third-order valence-electron chi connectivity index (χ3n) is 5.49. The normalized spacial score (nSPS) is 10.9. The highest BCUT2D eigenvalue weighted by Crippen LogP contribution is 2.32. The van der Waals surface area contributed by atoms with Gasteiger partial charge in [-0.2, -0.15) is 0 Å². The van der Waals surface area contributed by atoms with E-state index in [1.165, 1.54) is 4.57 Å². The molecule has 0 aliphatic carbocycles. The van der Waals surface area contributed by atoms with E-state index in [1.54, 1.807) is 42.5 Å². The van der Waals surface area contributed by atoms with E-state index in [1.807, 2.05) is 30.3 Å². The molecule has 0 amide bonds. The van der Waals surface area contributed by atoms with Crippen LogP contribution < -0.4 is 5.56 Å². The number of aliphatic carboxylic acids is 1. The zero-order valence-electron chi connectivity index (χ0n) is 17.5. The number of carbonyl (C=O) groups is 2. The molecule has 6 nitrogen and oxygen atoms in total. The quantitative estimate of drug-likeness (QED) is 0.360. The lowest BCUT2D eigenvalue weighted by Gasteiger charge is -2.18. The smallest absolute Gasteiger partial charge is 0.353 e. The SMILES string of the molecule is O=C(O)CCc1ccc(Cn2c(C(=O)O)c(-c3ccccc3)c3cc(Br)ccc3c2=O)cc1. The number of rotatable bonds is 7. The number of carboxylic acid groups (broad SMARTS) is 2. The number of hydrogen-bond donors (Lipinski definition) is 2. The van der Waals surface area contributed by atoms with Crippen LogP contribution in [0, 0.1) is 0 Å². The molecule has 4 rings (SSSR count). The summed E-state index contributed by atoms with van der Waals surface area (Å²) in [5.41, 5.74) is 2.33. The molecule has 4 aromatic rings. The van der Waals surface area contributed by atoms with Crippen molar-refractivity contribution in [3.05, 3.63) is 104 Å². The summed E-state index contributed by atoms with van der Waals surface area (Å²) in [6, 6.07) is 21.6. The number of aromatic nitrogens is 1. The maximum absolute atomic E-state index is 13.4. The number of pyridine rings is 1. The molecule has 0 saturated carbocycles. The third-order valence-corrected chi connectivity index (χ3v) is 5.98. The Hall–Kier alpha value is -3.71. The van der Waals surface area contributed by atoms with Gasteiger partial charge in [0.25, 0.3) is 5.56 Å². The summed E-state index contributed by atoms with van der Waals surface area (Å²) in [4.78, 5) is 36.7. The van der Waals surface area contributed by atoms with Gasteiger partial charge in [-0.05, 0) is 46.7 Å². The van der Waals surface area contributed by atoms with E-state index in [0.717, 1.165) is 15.6 Å². The fourth-order valence-corrected chi connectivity index (χ4v) is 4.30. The summed E-state index contributed by atoms with van der Waals surface area (Å²) < 4.78 is 2.05. The van der Waals surface area contributed by atoms with Crippen LogP contribution in [0.4, 0.5) is 0 Å². The first-order valence-electron chi connectivity index (χ1n) is 10.3. The summed E-state index contributed by atoms with van der Waals surface area (Å²) in [5, 5.41) is 20.0. The van der Waals surface area contributed by atoms with Crippen molar-refractivity contribution in [3.63, 3.8) is 0 Å². The number of aromatic carboxylic acids is 1. The third kappa shape index (κ3) is 4.73. The summed E-state index contributed by atoms with van der Waals surface area (Å²) in [7, 11) is 0. The van der Waals surface area contributed by atoms with Gasteiger partial charge in [-0.15, -0.1) is 0 Å². The maximum Gasteiger partial charge on any atom is 0.353 e. The van der Waals surface area contributed by atoms with Crippen LogP contribution in [-0.4, -0.2) is 26.7 Å². The number of halogens is 1. The fourth-order valence-electron chi connectivity index (χ4n) is 3.93. The Morgan fingerprint density at radius 3 is 2.15 bits per heavy atom. The van der Waals surface area contributed by atoms with Crippen LogP contribution >= 0.6 is 15.9 Å². The van der Waals surface area contributed by atoms with Gasteiger partial charge in [0, 0.05) is 21.8 Å². The van der Waals surface area contributed by atoms with Crippen LogP contribution in [0.1, 0.15) is 28.0 Å². The molecule has 0 saturated heterocycles. The number of carboxylic acids is 2. The number of benzene rings is 3. The highest BCUT2D eigenvalue weighted by atomic mass is 79.9. The van der Waals surface area contributed by atoms with E-state index in [2.05, 4.69) is 15.9 Å².